The average Bonchev–Trinajstić information content (AvgIpc) is 2.68. The van der Waals surface area contributed by atoms with Crippen LogP contribution in [-0.4, -0.2) is 5.71 Å². The summed E-state index contributed by atoms with van der Waals surface area (Å²) < 4.78 is 0.929. The molecule has 3 heteroatoms. The molecule has 0 spiro atoms. The van der Waals surface area contributed by atoms with Gasteiger partial charge in [-0.1, -0.05) is 94.8 Å². The minimum Gasteiger partial charge on any atom is -0.252 e. The molecule has 0 aliphatic rings. The fraction of sp³-hybridized carbons (Fsp3) is 0.0417. The van der Waals surface area contributed by atoms with E-state index in [2.05, 4.69) is 34.6 Å². The smallest absolute Gasteiger partial charge is 0.0711 e. The molecule has 0 aliphatic carbocycles. The maximum atomic E-state index is 6.20. The van der Waals surface area contributed by atoms with Gasteiger partial charge in [0.05, 0.1) is 5.70 Å². The van der Waals surface area contributed by atoms with E-state index in [1.165, 1.54) is 0 Å². The first kappa shape index (κ1) is 19.3. The molecule has 0 radical (unpaired) electrons. The van der Waals surface area contributed by atoms with Crippen molar-refractivity contribution in [1.82, 2.24) is 0 Å². The Hall–Kier alpha value is -2.42. The highest BCUT2D eigenvalue weighted by Gasteiger charge is 2.06. The summed E-state index contributed by atoms with van der Waals surface area (Å²) in [5.41, 5.74) is 5.74. The molecule has 1 nitrogen and oxygen atoms in total. The van der Waals surface area contributed by atoms with E-state index in [4.69, 9.17) is 16.6 Å². The molecule has 0 amide bonds. The van der Waals surface area contributed by atoms with E-state index in [9.17, 15) is 0 Å². The first-order chi connectivity index (χ1) is 13.0. The summed E-state index contributed by atoms with van der Waals surface area (Å²) >= 11 is 9.69. The summed E-state index contributed by atoms with van der Waals surface area (Å²) in [5, 5.41) is 0.674. The average molecular weight is 437 g/mol. The van der Waals surface area contributed by atoms with Gasteiger partial charge in [0.25, 0.3) is 0 Å². The second-order valence-corrected chi connectivity index (χ2v) is 7.49. The number of benzene rings is 3. The van der Waals surface area contributed by atoms with Gasteiger partial charge in [0.15, 0.2) is 0 Å². The van der Waals surface area contributed by atoms with Crippen LogP contribution in [0.2, 0.25) is 5.02 Å². The van der Waals surface area contributed by atoms with Gasteiger partial charge in [0.1, 0.15) is 0 Å². The summed E-state index contributed by atoms with van der Waals surface area (Å²) in [6.07, 6.45) is 2.02. The van der Waals surface area contributed by atoms with Gasteiger partial charge in [-0.2, -0.15) is 0 Å². The minimum atomic E-state index is 0.674. The predicted octanol–water partition coefficient (Wildman–Crippen LogP) is 7.67. The van der Waals surface area contributed by atoms with Crippen LogP contribution in [0.5, 0.6) is 0 Å². The lowest BCUT2D eigenvalue weighted by Crippen LogP contribution is -1.96. The van der Waals surface area contributed by atoms with Crippen LogP contribution in [0, 0.1) is 0 Å². The Bertz CT molecular complexity index is 985. The third kappa shape index (κ3) is 5.29. The summed E-state index contributed by atoms with van der Waals surface area (Å²) in [5.74, 6) is 0. The van der Waals surface area contributed by atoms with Crippen LogP contribution in [0.4, 0.5) is 0 Å². The largest absolute Gasteiger partial charge is 0.252 e. The molecule has 3 rings (SSSR count). The van der Waals surface area contributed by atoms with E-state index >= 15 is 0 Å². The molecule has 27 heavy (non-hydrogen) atoms. The van der Waals surface area contributed by atoms with Gasteiger partial charge in [-0.25, -0.2) is 0 Å². The van der Waals surface area contributed by atoms with Crippen molar-refractivity contribution in [2.75, 3.05) is 0 Å². The zero-order valence-electron chi connectivity index (χ0n) is 15.0. The Morgan fingerprint density at radius 1 is 0.889 bits per heavy atom. The highest BCUT2D eigenvalue weighted by atomic mass is 79.9. The topological polar surface area (TPSA) is 12.4 Å². The van der Waals surface area contributed by atoms with Crippen LogP contribution in [0.25, 0.3) is 11.3 Å². The molecule has 0 heterocycles. The maximum absolute atomic E-state index is 6.20. The monoisotopic (exact) mass is 435 g/mol. The van der Waals surface area contributed by atoms with E-state index < -0.39 is 0 Å². The van der Waals surface area contributed by atoms with Crippen LogP contribution < -0.4 is 0 Å². The molecule has 0 saturated carbocycles. The fourth-order valence-electron chi connectivity index (χ4n) is 2.70. The van der Waals surface area contributed by atoms with Gasteiger partial charge in [-0.3, -0.25) is 4.99 Å². The molecular weight excluding hydrogens is 418 g/mol. The van der Waals surface area contributed by atoms with Crippen molar-refractivity contribution in [3.8, 4) is 0 Å². The third-order valence-corrected chi connectivity index (χ3v) is 4.77. The Kier molecular flexibility index (Phi) is 6.44. The van der Waals surface area contributed by atoms with E-state index in [1.807, 2.05) is 79.7 Å². The van der Waals surface area contributed by atoms with Crippen LogP contribution in [-0.2, 0) is 0 Å². The van der Waals surface area contributed by atoms with Crippen molar-refractivity contribution in [3.63, 3.8) is 0 Å². The Labute approximate surface area is 173 Å². The van der Waals surface area contributed by atoms with Gasteiger partial charge in [-0.15, -0.1) is 0 Å². The Balaban J connectivity index is 2.05. The van der Waals surface area contributed by atoms with E-state index in [0.29, 0.717) is 5.02 Å². The zero-order valence-corrected chi connectivity index (χ0v) is 17.3. The number of hydrogen-bond acceptors (Lipinski definition) is 1. The van der Waals surface area contributed by atoms with Crippen molar-refractivity contribution in [2.24, 2.45) is 4.99 Å². The number of hydrogen-bond donors (Lipinski definition) is 0. The molecule has 3 aromatic carbocycles. The summed E-state index contributed by atoms with van der Waals surface area (Å²) in [6, 6.07) is 26.0. The lowest BCUT2D eigenvalue weighted by molar-refractivity contribution is 1.46. The van der Waals surface area contributed by atoms with Crippen molar-refractivity contribution in [2.45, 2.75) is 6.92 Å². The van der Waals surface area contributed by atoms with Crippen molar-refractivity contribution in [3.05, 3.63) is 118 Å². The van der Waals surface area contributed by atoms with E-state index in [-0.39, 0.29) is 0 Å². The van der Waals surface area contributed by atoms with Gasteiger partial charge in [0, 0.05) is 20.8 Å². The van der Waals surface area contributed by atoms with Crippen molar-refractivity contribution in [1.29, 1.82) is 0 Å². The van der Waals surface area contributed by atoms with E-state index in [0.717, 1.165) is 38.1 Å². The van der Waals surface area contributed by atoms with Crippen LogP contribution in [0.15, 0.2) is 101 Å². The highest BCUT2D eigenvalue weighted by molar-refractivity contribution is 9.10. The van der Waals surface area contributed by atoms with Crippen molar-refractivity contribution < 1.29 is 0 Å². The molecule has 0 N–H and O–H groups in total. The lowest BCUT2D eigenvalue weighted by Gasteiger charge is -2.09. The SMILES string of the molecule is C=C(/C=C(\N=C(C)c1cc(Cl)cc(Br)c1)c1ccccc1)c1ccccc1. The molecule has 0 aliphatic heterocycles. The Morgan fingerprint density at radius 3 is 2.07 bits per heavy atom. The summed E-state index contributed by atoms with van der Waals surface area (Å²) in [7, 11) is 0. The predicted molar refractivity (Wildman–Crippen MR) is 121 cm³/mol. The fourth-order valence-corrected chi connectivity index (χ4v) is 3.56. The highest BCUT2D eigenvalue weighted by Crippen LogP contribution is 2.25. The first-order valence-electron chi connectivity index (χ1n) is 8.56. The molecule has 3 aromatic rings. The van der Waals surface area contributed by atoms with Crippen LogP contribution in [0.1, 0.15) is 23.6 Å². The molecule has 0 aromatic heterocycles. The molecule has 134 valence electrons. The van der Waals surface area contributed by atoms with Gasteiger partial charge < -0.3 is 0 Å². The zero-order chi connectivity index (χ0) is 19.2. The molecular formula is C24H19BrClN. The quantitative estimate of drug-likeness (QED) is 0.287. The minimum absolute atomic E-state index is 0.674. The normalized spacial score (nSPS) is 12.1. The first-order valence-corrected chi connectivity index (χ1v) is 9.73. The van der Waals surface area contributed by atoms with Crippen LogP contribution in [0.3, 0.4) is 0 Å². The molecule has 0 atom stereocenters. The van der Waals surface area contributed by atoms with Gasteiger partial charge in [-0.05, 0) is 47.9 Å². The second kappa shape index (κ2) is 8.98. The van der Waals surface area contributed by atoms with Gasteiger partial charge in [0.2, 0.25) is 0 Å². The molecule has 0 bridgehead atoms. The molecule has 0 fully saturated rings. The molecule has 0 unspecified atom stereocenters. The van der Waals surface area contributed by atoms with Crippen LogP contribution >= 0.6 is 27.5 Å². The summed E-state index contributed by atoms with van der Waals surface area (Å²) in [6.45, 7) is 6.21. The maximum Gasteiger partial charge on any atom is 0.0711 e. The van der Waals surface area contributed by atoms with E-state index in [1.54, 1.807) is 0 Å². The number of rotatable bonds is 5. The number of nitrogens with zero attached hydrogens (tertiary/aromatic N) is 1. The summed E-state index contributed by atoms with van der Waals surface area (Å²) in [4.78, 5) is 4.90. The second-order valence-electron chi connectivity index (χ2n) is 6.14. The number of aliphatic imine (C=N–C) groups is 1. The van der Waals surface area contributed by atoms with Gasteiger partial charge >= 0.3 is 0 Å². The lowest BCUT2D eigenvalue weighted by atomic mass is 10.0. The number of halogens is 2. The third-order valence-electron chi connectivity index (χ3n) is 4.09. The molecule has 0 saturated heterocycles. The van der Waals surface area contributed by atoms with Crippen molar-refractivity contribution >= 4 is 44.5 Å². The Morgan fingerprint density at radius 2 is 1.48 bits per heavy atom. The number of allylic oxidation sites excluding steroid dienone is 2. The standard InChI is InChI=1S/C24H19BrClN/c1-17(19-9-5-3-6-10-19)13-24(20-11-7-4-8-12-20)27-18(2)21-14-22(25)16-23(26)15-21/h3-16H,1H2,2H3/b24-13-,27-18?.